The van der Waals surface area contributed by atoms with E-state index in [4.69, 9.17) is 0 Å². The van der Waals surface area contributed by atoms with E-state index < -0.39 is 0 Å². The van der Waals surface area contributed by atoms with E-state index in [2.05, 4.69) is 43.8 Å². The molecule has 0 N–H and O–H groups in total. The molecule has 1 aromatic rings. The zero-order chi connectivity index (χ0) is 13.9. The summed E-state index contributed by atoms with van der Waals surface area (Å²) in [4.78, 5) is 0. The Morgan fingerprint density at radius 3 is 2.05 bits per heavy atom. The smallest absolute Gasteiger partial charge is 0.172 e. The summed E-state index contributed by atoms with van der Waals surface area (Å²) < 4.78 is 2.40. The van der Waals surface area contributed by atoms with Crippen molar-refractivity contribution in [2.75, 3.05) is 0 Å². The first-order valence-corrected chi connectivity index (χ1v) is 8.32. The highest BCUT2D eigenvalue weighted by Crippen LogP contribution is 2.13. The van der Waals surface area contributed by atoms with Gasteiger partial charge in [0.15, 0.2) is 12.4 Å². The van der Waals surface area contributed by atoms with Crippen molar-refractivity contribution in [1.82, 2.24) is 0 Å². The minimum absolute atomic E-state index is 1.18. The first kappa shape index (κ1) is 16.2. The minimum Gasteiger partial charge on any atom is -0.205 e. The van der Waals surface area contributed by atoms with Crippen LogP contribution in [-0.4, -0.2) is 0 Å². The average Bonchev–Trinajstić information content (AvgIpc) is 2.44. The molecule has 0 spiro atoms. The first-order valence-electron chi connectivity index (χ1n) is 8.32. The number of nitrogens with zero attached hydrogens (tertiary/aromatic N) is 1. The summed E-state index contributed by atoms with van der Waals surface area (Å²) in [6.45, 7) is 8.01. The fraction of sp³-hybridized carbons (Fsp3) is 0.722. The van der Waals surface area contributed by atoms with Crippen LogP contribution in [0.2, 0.25) is 0 Å². The summed E-state index contributed by atoms with van der Waals surface area (Å²) in [5.74, 6) is 0. The van der Waals surface area contributed by atoms with Crippen molar-refractivity contribution in [3.05, 3.63) is 29.6 Å². The summed E-state index contributed by atoms with van der Waals surface area (Å²) in [6.07, 6.45) is 16.4. The van der Waals surface area contributed by atoms with Gasteiger partial charge in [-0.05, 0) is 37.7 Å². The molecule has 0 aliphatic carbocycles. The van der Waals surface area contributed by atoms with Gasteiger partial charge in [0.1, 0.15) is 6.54 Å². The van der Waals surface area contributed by atoms with Crippen LogP contribution in [0.1, 0.15) is 76.8 Å². The number of aromatic nitrogens is 1. The molecule has 0 amide bonds. The predicted octanol–water partition coefficient (Wildman–Crippen LogP) is 4.85. The molecule has 0 aromatic carbocycles. The number of unbranched alkanes of at least 4 members (excludes halogenated alkanes) is 4. The van der Waals surface area contributed by atoms with E-state index in [1.165, 1.54) is 64.3 Å². The van der Waals surface area contributed by atoms with Crippen molar-refractivity contribution in [1.29, 1.82) is 0 Å². The monoisotopic (exact) mass is 262 g/mol. The second-order valence-corrected chi connectivity index (χ2v) is 5.65. The molecule has 0 saturated carbocycles. The highest BCUT2D eigenvalue weighted by atomic mass is 14.9. The molecule has 0 aliphatic rings. The van der Waals surface area contributed by atoms with E-state index in [0.717, 1.165) is 0 Å². The molecule has 1 rings (SSSR count). The lowest BCUT2D eigenvalue weighted by molar-refractivity contribution is -0.697. The number of pyridine rings is 1. The Labute approximate surface area is 120 Å². The van der Waals surface area contributed by atoms with Crippen molar-refractivity contribution in [2.24, 2.45) is 0 Å². The van der Waals surface area contributed by atoms with Crippen LogP contribution in [0.5, 0.6) is 0 Å². The van der Waals surface area contributed by atoms with Gasteiger partial charge in [0.25, 0.3) is 0 Å². The summed E-state index contributed by atoms with van der Waals surface area (Å²) in [5.41, 5.74) is 3.18. The summed E-state index contributed by atoms with van der Waals surface area (Å²) in [7, 11) is 0. The third-order valence-corrected chi connectivity index (χ3v) is 3.82. The van der Waals surface area contributed by atoms with Gasteiger partial charge in [0, 0.05) is 18.1 Å². The third-order valence-electron chi connectivity index (χ3n) is 3.82. The molecule has 0 atom stereocenters. The number of aryl methyl sites for hydroxylation is 3. The Morgan fingerprint density at radius 1 is 0.789 bits per heavy atom. The topological polar surface area (TPSA) is 3.88 Å². The number of hydrogen-bond donors (Lipinski definition) is 0. The third kappa shape index (κ3) is 6.22. The van der Waals surface area contributed by atoms with Crippen LogP contribution in [0, 0.1) is 0 Å². The van der Waals surface area contributed by atoms with E-state index in [1.807, 2.05) is 0 Å². The van der Waals surface area contributed by atoms with Gasteiger partial charge in [-0.1, -0.05) is 40.0 Å². The van der Waals surface area contributed by atoms with E-state index in [0.29, 0.717) is 0 Å². The molecule has 0 radical (unpaired) electrons. The average molecular weight is 262 g/mol. The van der Waals surface area contributed by atoms with Gasteiger partial charge >= 0.3 is 0 Å². The molecule has 0 aliphatic heterocycles. The van der Waals surface area contributed by atoms with Gasteiger partial charge in [0.2, 0.25) is 0 Å². The highest BCUT2D eigenvalue weighted by molar-refractivity contribution is 5.21. The van der Waals surface area contributed by atoms with Gasteiger partial charge in [-0.15, -0.1) is 0 Å². The molecule has 19 heavy (non-hydrogen) atoms. The second-order valence-electron chi connectivity index (χ2n) is 5.65. The molecular weight excluding hydrogens is 230 g/mol. The maximum Gasteiger partial charge on any atom is 0.172 e. The Hall–Kier alpha value is -0.850. The number of rotatable bonds is 10. The minimum atomic E-state index is 1.18. The maximum atomic E-state index is 2.41. The van der Waals surface area contributed by atoms with Gasteiger partial charge in [0.05, 0.1) is 0 Å². The van der Waals surface area contributed by atoms with Gasteiger partial charge in [-0.25, -0.2) is 4.57 Å². The van der Waals surface area contributed by atoms with Crippen LogP contribution in [0.15, 0.2) is 18.5 Å². The fourth-order valence-electron chi connectivity index (χ4n) is 2.51. The van der Waals surface area contributed by atoms with E-state index in [-0.39, 0.29) is 0 Å². The molecule has 1 heteroatoms. The zero-order valence-electron chi connectivity index (χ0n) is 13.3. The first-order chi connectivity index (χ1) is 9.31. The summed E-state index contributed by atoms with van der Waals surface area (Å²) in [6, 6.07) is 2.37. The molecule has 108 valence electrons. The second kappa shape index (κ2) is 10.00. The Kier molecular flexibility index (Phi) is 8.53. The number of hydrogen-bond acceptors (Lipinski definition) is 0. The maximum absolute atomic E-state index is 2.41. The van der Waals surface area contributed by atoms with Crippen molar-refractivity contribution < 1.29 is 4.57 Å². The predicted molar refractivity (Wildman–Crippen MR) is 83.4 cm³/mol. The lowest BCUT2D eigenvalue weighted by atomic mass is 10.00. The molecule has 0 fully saturated rings. The van der Waals surface area contributed by atoms with Crippen LogP contribution in [0.25, 0.3) is 0 Å². The lowest BCUT2D eigenvalue weighted by Crippen LogP contribution is -2.33. The molecule has 1 aromatic heterocycles. The molecular formula is C18H32N+. The van der Waals surface area contributed by atoms with Crippen LogP contribution >= 0.6 is 0 Å². The Bertz CT molecular complexity index is 344. The molecule has 1 nitrogen and oxygen atoms in total. The lowest BCUT2D eigenvalue weighted by Gasteiger charge is -2.08. The van der Waals surface area contributed by atoms with Crippen LogP contribution < -0.4 is 4.57 Å². The molecule has 0 bridgehead atoms. The Morgan fingerprint density at radius 2 is 1.42 bits per heavy atom. The SMILES string of the molecule is CCCCC[n+]1ccc(CCCC)c(CCCC)c1. The van der Waals surface area contributed by atoms with Crippen molar-refractivity contribution in [3.8, 4) is 0 Å². The van der Waals surface area contributed by atoms with Crippen molar-refractivity contribution in [2.45, 2.75) is 85.1 Å². The summed E-state index contributed by atoms with van der Waals surface area (Å²) in [5, 5.41) is 0. The Balaban J connectivity index is 2.69. The van der Waals surface area contributed by atoms with Crippen LogP contribution in [0.4, 0.5) is 0 Å². The van der Waals surface area contributed by atoms with Gasteiger partial charge < -0.3 is 0 Å². The highest BCUT2D eigenvalue weighted by Gasteiger charge is 2.08. The van der Waals surface area contributed by atoms with E-state index in [9.17, 15) is 0 Å². The fourth-order valence-corrected chi connectivity index (χ4v) is 2.51. The standard InChI is InChI=1S/C18H32N/c1-4-7-10-14-19-15-13-17(11-8-5-2)18(16-19)12-9-6-3/h13,15-16H,4-12,14H2,1-3H3/q+1. The zero-order valence-corrected chi connectivity index (χ0v) is 13.3. The van der Waals surface area contributed by atoms with E-state index in [1.54, 1.807) is 11.1 Å². The normalized spacial score (nSPS) is 10.9. The van der Waals surface area contributed by atoms with E-state index >= 15 is 0 Å². The molecule has 0 saturated heterocycles. The van der Waals surface area contributed by atoms with Gasteiger partial charge in [-0.3, -0.25) is 0 Å². The van der Waals surface area contributed by atoms with Crippen molar-refractivity contribution >= 4 is 0 Å². The molecule has 1 heterocycles. The largest absolute Gasteiger partial charge is 0.205 e. The molecule has 0 unspecified atom stereocenters. The van der Waals surface area contributed by atoms with Crippen LogP contribution in [0.3, 0.4) is 0 Å². The van der Waals surface area contributed by atoms with Gasteiger partial charge in [-0.2, -0.15) is 0 Å². The summed E-state index contributed by atoms with van der Waals surface area (Å²) >= 11 is 0. The quantitative estimate of drug-likeness (QED) is 0.419. The van der Waals surface area contributed by atoms with Crippen molar-refractivity contribution in [3.63, 3.8) is 0 Å². The van der Waals surface area contributed by atoms with Crippen LogP contribution in [-0.2, 0) is 19.4 Å².